The number of ether oxygens (including phenoxy) is 2. The van der Waals surface area contributed by atoms with Crippen LogP contribution >= 0.6 is 39.1 Å². The lowest BCUT2D eigenvalue weighted by Crippen LogP contribution is -2.54. The third kappa shape index (κ3) is 6.59. The van der Waals surface area contributed by atoms with E-state index in [0.29, 0.717) is 39.9 Å². The van der Waals surface area contributed by atoms with E-state index < -0.39 is 11.6 Å². The van der Waals surface area contributed by atoms with Gasteiger partial charge in [-0.2, -0.15) is 0 Å². The summed E-state index contributed by atoms with van der Waals surface area (Å²) in [6.07, 6.45) is -0.195. The topological polar surface area (TPSA) is 92.2 Å². The lowest BCUT2D eigenvalue weighted by atomic mass is 9.82. The predicted molar refractivity (Wildman–Crippen MR) is 196 cm³/mol. The number of aliphatic hydroxyl groups excluding tert-OH is 1. The molecule has 2 atom stereocenters. The van der Waals surface area contributed by atoms with Crippen LogP contribution in [0.2, 0.25) is 10.0 Å². The maximum Gasteiger partial charge on any atom is 0.266 e. The van der Waals surface area contributed by atoms with Crippen LogP contribution in [0.1, 0.15) is 46.4 Å². The standard InChI is InChI=1S/C39H32BrCl2N3O4/c40-33-13-6-1-8-25(33)23-39(38(47)45-44-35-30-11-4-2-9-28(30)29-10-3-5-12-31(29)35)36(32-19-16-26(41)22-34(32)42)49-37(43-39)24-14-17-27(18-15-24)48-21-7-20-46/h1-6,8-19,22,35-36,44,46H,7,20-21,23H2,(H,45,47)/t36-,39-/m0/s1. The maximum atomic E-state index is 14.9. The van der Waals surface area contributed by atoms with E-state index in [4.69, 9.17) is 42.8 Å². The van der Waals surface area contributed by atoms with Gasteiger partial charge in [0.15, 0.2) is 11.6 Å². The number of aliphatic imine (C=N–C) groups is 1. The number of amides is 1. The molecule has 0 aromatic heterocycles. The zero-order valence-electron chi connectivity index (χ0n) is 26.2. The van der Waals surface area contributed by atoms with E-state index >= 15 is 0 Å². The molecule has 7 rings (SSSR count). The van der Waals surface area contributed by atoms with E-state index in [1.807, 2.05) is 72.8 Å². The van der Waals surface area contributed by atoms with Crippen LogP contribution in [0.25, 0.3) is 11.1 Å². The van der Waals surface area contributed by atoms with Crippen molar-refractivity contribution in [1.29, 1.82) is 0 Å². The number of benzene rings is 5. The second kappa shape index (κ2) is 14.4. The number of rotatable bonds is 11. The zero-order valence-corrected chi connectivity index (χ0v) is 29.3. The van der Waals surface area contributed by atoms with Crippen molar-refractivity contribution in [2.24, 2.45) is 4.99 Å². The van der Waals surface area contributed by atoms with E-state index in [1.165, 1.54) is 0 Å². The molecule has 2 aliphatic rings. The monoisotopic (exact) mass is 755 g/mol. The molecule has 1 heterocycles. The molecule has 248 valence electrons. The second-order valence-corrected chi connectivity index (χ2v) is 13.6. The first-order valence-corrected chi connectivity index (χ1v) is 17.5. The van der Waals surface area contributed by atoms with E-state index in [9.17, 15) is 4.79 Å². The van der Waals surface area contributed by atoms with Crippen molar-refractivity contribution in [1.82, 2.24) is 10.9 Å². The van der Waals surface area contributed by atoms with Gasteiger partial charge in [0.2, 0.25) is 5.90 Å². The lowest BCUT2D eigenvalue weighted by molar-refractivity contribution is -0.130. The third-order valence-electron chi connectivity index (χ3n) is 8.86. The van der Waals surface area contributed by atoms with Crippen molar-refractivity contribution in [3.8, 4) is 16.9 Å². The minimum Gasteiger partial charge on any atom is -0.494 e. The Balaban J connectivity index is 1.30. The Morgan fingerprint density at radius 2 is 1.55 bits per heavy atom. The molecule has 0 saturated carbocycles. The summed E-state index contributed by atoms with van der Waals surface area (Å²) >= 11 is 16.9. The highest BCUT2D eigenvalue weighted by molar-refractivity contribution is 9.10. The van der Waals surface area contributed by atoms with Gasteiger partial charge >= 0.3 is 0 Å². The van der Waals surface area contributed by atoms with Gasteiger partial charge in [0, 0.05) is 45.1 Å². The fourth-order valence-electron chi connectivity index (χ4n) is 6.46. The SMILES string of the molecule is O=C(NNC1c2ccccc2-c2ccccc21)[C@@]1(Cc2ccccc2Br)N=C(c2ccc(OCCCO)cc2)O[C@H]1c1ccc(Cl)cc1Cl. The van der Waals surface area contributed by atoms with Crippen molar-refractivity contribution >= 4 is 50.9 Å². The van der Waals surface area contributed by atoms with Gasteiger partial charge in [-0.05, 0) is 70.3 Å². The molecule has 1 aliphatic heterocycles. The molecule has 1 amide bonds. The molecule has 49 heavy (non-hydrogen) atoms. The molecule has 0 radical (unpaired) electrons. The highest BCUT2D eigenvalue weighted by Gasteiger charge is 2.54. The van der Waals surface area contributed by atoms with Crippen LogP contribution in [-0.4, -0.2) is 35.7 Å². The summed E-state index contributed by atoms with van der Waals surface area (Å²) in [6.45, 7) is 0.441. The highest BCUT2D eigenvalue weighted by Crippen LogP contribution is 2.46. The number of fused-ring (bicyclic) bond motifs is 3. The number of halogens is 3. The Bertz CT molecular complexity index is 1990. The average Bonchev–Trinajstić information content (AvgIpc) is 3.65. The van der Waals surface area contributed by atoms with Gasteiger partial charge in [-0.25, -0.2) is 10.4 Å². The van der Waals surface area contributed by atoms with E-state index in [-0.39, 0.29) is 30.9 Å². The number of nitrogens with one attached hydrogen (secondary N) is 2. The summed E-state index contributed by atoms with van der Waals surface area (Å²) in [5.41, 5.74) is 11.4. The molecule has 7 nitrogen and oxygen atoms in total. The number of hydrazine groups is 1. The number of aliphatic hydroxyl groups is 1. The quantitative estimate of drug-likeness (QED) is 0.0931. The smallest absolute Gasteiger partial charge is 0.266 e. The zero-order chi connectivity index (χ0) is 34.0. The largest absolute Gasteiger partial charge is 0.494 e. The van der Waals surface area contributed by atoms with Crippen LogP contribution in [0.4, 0.5) is 0 Å². The Morgan fingerprint density at radius 1 is 0.878 bits per heavy atom. The maximum absolute atomic E-state index is 14.9. The number of carbonyl (C=O) groups is 1. The number of hydrogen-bond acceptors (Lipinski definition) is 6. The summed E-state index contributed by atoms with van der Waals surface area (Å²) in [7, 11) is 0. The number of hydrogen-bond donors (Lipinski definition) is 3. The van der Waals surface area contributed by atoms with Crippen molar-refractivity contribution in [2.45, 2.75) is 30.5 Å². The molecule has 5 aromatic rings. The van der Waals surface area contributed by atoms with Crippen LogP contribution in [0, 0.1) is 0 Å². The van der Waals surface area contributed by atoms with Gasteiger partial charge < -0.3 is 14.6 Å². The van der Waals surface area contributed by atoms with Gasteiger partial charge in [0.1, 0.15) is 5.75 Å². The van der Waals surface area contributed by atoms with Gasteiger partial charge in [-0.1, -0.05) is 112 Å². The summed E-state index contributed by atoms with van der Waals surface area (Å²) in [6, 6.07) is 36.3. The lowest BCUT2D eigenvalue weighted by Gasteiger charge is -2.32. The van der Waals surface area contributed by atoms with E-state index in [1.54, 1.807) is 18.2 Å². The van der Waals surface area contributed by atoms with Crippen molar-refractivity contribution < 1.29 is 19.4 Å². The second-order valence-electron chi connectivity index (χ2n) is 11.9. The first-order chi connectivity index (χ1) is 23.9. The van der Waals surface area contributed by atoms with Crippen LogP contribution in [0.15, 0.2) is 125 Å². The molecule has 1 aliphatic carbocycles. The number of nitrogens with zero attached hydrogens (tertiary/aromatic N) is 1. The Hall–Kier alpha value is -4.18. The van der Waals surface area contributed by atoms with Gasteiger partial charge in [0.05, 0.1) is 12.6 Å². The van der Waals surface area contributed by atoms with Crippen LogP contribution < -0.4 is 15.6 Å². The number of carbonyl (C=O) groups excluding carboxylic acids is 1. The first-order valence-electron chi connectivity index (χ1n) is 15.9. The van der Waals surface area contributed by atoms with E-state index in [2.05, 4.69) is 51.0 Å². The first kappa shape index (κ1) is 33.3. The minimum atomic E-state index is -1.50. The fraction of sp³-hybridized carbons (Fsp3) is 0.179. The van der Waals surface area contributed by atoms with Crippen molar-refractivity contribution in [3.05, 3.63) is 158 Å². The molecular weight excluding hydrogens is 725 g/mol. The van der Waals surface area contributed by atoms with E-state index in [0.717, 1.165) is 32.3 Å². The normalized spacial score (nSPS) is 18.0. The van der Waals surface area contributed by atoms with Crippen LogP contribution in [0.5, 0.6) is 5.75 Å². The highest BCUT2D eigenvalue weighted by atomic mass is 79.9. The molecule has 0 fully saturated rings. The summed E-state index contributed by atoms with van der Waals surface area (Å²) < 4.78 is 13.2. The average molecular weight is 758 g/mol. The Kier molecular flexibility index (Phi) is 9.76. The Labute approximate surface area is 303 Å². The van der Waals surface area contributed by atoms with Crippen molar-refractivity contribution in [2.75, 3.05) is 13.2 Å². The molecular formula is C39H32BrCl2N3O4. The summed E-state index contributed by atoms with van der Waals surface area (Å²) in [5, 5.41) is 9.94. The van der Waals surface area contributed by atoms with Crippen molar-refractivity contribution in [3.63, 3.8) is 0 Å². The molecule has 10 heteroatoms. The summed E-state index contributed by atoms with van der Waals surface area (Å²) in [4.78, 5) is 20.1. The summed E-state index contributed by atoms with van der Waals surface area (Å²) in [5.74, 6) is 0.545. The predicted octanol–water partition coefficient (Wildman–Crippen LogP) is 8.41. The molecule has 0 bridgehead atoms. The van der Waals surface area contributed by atoms with Gasteiger partial charge in [-0.3, -0.25) is 10.2 Å². The molecule has 0 spiro atoms. The molecule has 5 aromatic carbocycles. The minimum absolute atomic E-state index is 0.0493. The van der Waals surface area contributed by atoms with Gasteiger partial charge in [-0.15, -0.1) is 0 Å². The molecule has 0 saturated heterocycles. The fourth-order valence-corrected chi connectivity index (χ4v) is 7.40. The van der Waals surface area contributed by atoms with Crippen LogP contribution in [-0.2, 0) is 16.0 Å². The third-order valence-corrected chi connectivity index (χ3v) is 10.2. The van der Waals surface area contributed by atoms with Gasteiger partial charge in [0.25, 0.3) is 5.91 Å². The molecule has 3 N–H and O–H groups in total. The Morgan fingerprint density at radius 3 is 2.22 bits per heavy atom. The molecule has 0 unspecified atom stereocenters. The van der Waals surface area contributed by atoms with Crippen LogP contribution in [0.3, 0.4) is 0 Å².